The first kappa shape index (κ1) is 25.0. The summed E-state index contributed by atoms with van der Waals surface area (Å²) in [6.45, 7) is 1.16. The lowest BCUT2D eigenvalue weighted by Crippen LogP contribution is -2.46. The minimum absolute atomic E-state index is 0.0211. The summed E-state index contributed by atoms with van der Waals surface area (Å²) in [6, 6.07) is 17.6. The van der Waals surface area contributed by atoms with Crippen LogP contribution in [-0.2, 0) is 34.5 Å². The average Bonchev–Trinajstić information content (AvgIpc) is 3.66. The van der Waals surface area contributed by atoms with E-state index in [4.69, 9.17) is 16.3 Å². The molecule has 0 spiro atoms. The maximum atomic E-state index is 14.0. The molecule has 1 aliphatic rings. The zero-order chi connectivity index (χ0) is 25.8. The number of benzene rings is 2. The fourth-order valence-electron chi connectivity index (χ4n) is 4.70. The van der Waals surface area contributed by atoms with Crippen molar-refractivity contribution in [3.05, 3.63) is 83.1 Å². The first-order valence-corrected chi connectivity index (χ1v) is 12.7. The quantitative estimate of drug-likeness (QED) is 0.364. The molecule has 0 saturated carbocycles. The van der Waals surface area contributed by atoms with Gasteiger partial charge in [0.05, 0.1) is 11.6 Å². The van der Waals surface area contributed by atoms with E-state index in [1.807, 2.05) is 72.4 Å². The zero-order valence-electron chi connectivity index (χ0n) is 20.6. The number of para-hydroxylation sites is 1. The van der Waals surface area contributed by atoms with Crippen LogP contribution in [0.2, 0.25) is 5.02 Å². The molecule has 2 amide bonds. The largest absolute Gasteiger partial charge is 0.376 e. The van der Waals surface area contributed by atoms with Gasteiger partial charge >= 0.3 is 0 Å². The second-order valence-electron chi connectivity index (χ2n) is 9.18. The van der Waals surface area contributed by atoms with E-state index >= 15 is 0 Å². The summed E-state index contributed by atoms with van der Waals surface area (Å²) in [5, 5.41) is 11.9. The number of carbonyl (C=O) groups excluding carboxylic acids is 2. The summed E-state index contributed by atoms with van der Waals surface area (Å²) in [5.74, 6) is -0.560. The number of aryl methyl sites for hydroxylation is 1. The summed E-state index contributed by atoms with van der Waals surface area (Å²) < 4.78 is 9.11. The molecule has 1 saturated heterocycles. The van der Waals surface area contributed by atoms with E-state index in [0.29, 0.717) is 29.4 Å². The molecule has 2 aromatic carbocycles. The monoisotopic (exact) mass is 520 g/mol. The van der Waals surface area contributed by atoms with Gasteiger partial charge in [0.2, 0.25) is 11.8 Å². The molecule has 0 aliphatic carbocycles. The van der Waals surface area contributed by atoms with E-state index in [9.17, 15) is 9.59 Å². The van der Waals surface area contributed by atoms with Crippen LogP contribution in [0.25, 0.3) is 11.0 Å². The molecule has 0 bridgehead atoms. The molecule has 1 fully saturated rings. The van der Waals surface area contributed by atoms with Gasteiger partial charge < -0.3 is 19.5 Å². The molecule has 5 rings (SSSR count). The predicted molar refractivity (Wildman–Crippen MR) is 140 cm³/mol. The highest BCUT2D eigenvalue weighted by Crippen LogP contribution is 2.27. The van der Waals surface area contributed by atoms with Crippen molar-refractivity contribution in [2.45, 2.75) is 38.1 Å². The first-order chi connectivity index (χ1) is 18.0. The van der Waals surface area contributed by atoms with Crippen molar-refractivity contribution < 1.29 is 14.3 Å². The lowest BCUT2D eigenvalue weighted by atomic mass is 10.1. The molecule has 9 nitrogen and oxygen atoms in total. The molecule has 37 heavy (non-hydrogen) atoms. The van der Waals surface area contributed by atoms with Gasteiger partial charge in [0, 0.05) is 43.7 Å². The van der Waals surface area contributed by atoms with Crippen LogP contribution in [0.15, 0.2) is 66.9 Å². The molecule has 0 radical (unpaired) electrons. The van der Waals surface area contributed by atoms with Crippen molar-refractivity contribution in [3.8, 4) is 0 Å². The summed E-state index contributed by atoms with van der Waals surface area (Å²) in [6.07, 6.45) is 3.72. The number of hydrogen-bond donors (Lipinski definition) is 1. The molecule has 4 aromatic rings. The summed E-state index contributed by atoms with van der Waals surface area (Å²) in [4.78, 5) is 29.3. The van der Waals surface area contributed by atoms with Crippen LogP contribution in [0, 0.1) is 0 Å². The minimum atomic E-state index is -0.889. The van der Waals surface area contributed by atoms with Gasteiger partial charge in [0.25, 0.3) is 0 Å². The number of nitrogens with one attached hydrogen (secondary N) is 1. The van der Waals surface area contributed by atoms with Gasteiger partial charge in [-0.05, 0) is 48.7 Å². The average molecular weight is 521 g/mol. The fourth-order valence-corrected chi connectivity index (χ4v) is 4.89. The number of carbonyl (C=O) groups is 2. The third-order valence-corrected chi connectivity index (χ3v) is 7.04. The third kappa shape index (κ3) is 5.52. The molecular formula is C27H29ClN6O3. The van der Waals surface area contributed by atoms with Gasteiger partial charge in [0.15, 0.2) is 6.04 Å². The van der Waals surface area contributed by atoms with Gasteiger partial charge in [-0.15, -0.1) is 5.10 Å². The van der Waals surface area contributed by atoms with Crippen molar-refractivity contribution >= 4 is 34.4 Å². The number of ether oxygens (including phenoxy) is 1. The number of fused-ring (bicyclic) bond motifs is 1. The lowest BCUT2D eigenvalue weighted by molar-refractivity contribution is -0.142. The molecule has 2 atom stereocenters. The van der Waals surface area contributed by atoms with Crippen LogP contribution in [0.1, 0.15) is 30.1 Å². The van der Waals surface area contributed by atoms with Crippen LogP contribution in [-0.4, -0.2) is 55.5 Å². The minimum Gasteiger partial charge on any atom is -0.376 e. The highest BCUT2D eigenvalue weighted by Gasteiger charge is 2.34. The molecule has 192 valence electrons. The van der Waals surface area contributed by atoms with Gasteiger partial charge in [-0.3, -0.25) is 9.59 Å². The van der Waals surface area contributed by atoms with Crippen molar-refractivity contribution in [2.24, 2.45) is 7.05 Å². The van der Waals surface area contributed by atoms with E-state index in [1.165, 1.54) is 0 Å². The van der Waals surface area contributed by atoms with Crippen LogP contribution in [0.4, 0.5) is 0 Å². The van der Waals surface area contributed by atoms with Crippen molar-refractivity contribution in [1.82, 2.24) is 29.8 Å². The van der Waals surface area contributed by atoms with Crippen LogP contribution in [0.3, 0.4) is 0 Å². The number of amides is 2. The zero-order valence-corrected chi connectivity index (χ0v) is 21.3. The highest BCUT2D eigenvalue weighted by atomic mass is 35.5. The summed E-state index contributed by atoms with van der Waals surface area (Å²) >= 11 is 6.49. The Kier molecular flexibility index (Phi) is 7.52. The Hall–Kier alpha value is -3.69. The van der Waals surface area contributed by atoms with Gasteiger partial charge in [-0.2, -0.15) is 0 Å². The van der Waals surface area contributed by atoms with E-state index < -0.39 is 6.04 Å². The highest BCUT2D eigenvalue weighted by molar-refractivity contribution is 6.31. The molecule has 2 aromatic heterocycles. The molecule has 0 unspecified atom stereocenters. The maximum Gasteiger partial charge on any atom is 0.249 e. The Morgan fingerprint density at radius 1 is 1.16 bits per heavy atom. The van der Waals surface area contributed by atoms with Crippen molar-refractivity contribution in [1.29, 1.82) is 0 Å². The van der Waals surface area contributed by atoms with Crippen molar-refractivity contribution in [2.75, 3.05) is 13.2 Å². The van der Waals surface area contributed by atoms with E-state index in [1.54, 1.807) is 15.6 Å². The van der Waals surface area contributed by atoms with Crippen LogP contribution < -0.4 is 5.32 Å². The topological polar surface area (TPSA) is 94.3 Å². The third-order valence-electron chi connectivity index (χ3n) is 6.68. The number of halogens is 1. The molecular weight excluding hydrogens is 492 g/mol. The summed E-state index contributed by atoms with van der Waals surface area (Å²) in [5.41, 5.74) is 2.87. The molecule has 1 N–H and O–H groups in total. The summed E-state index contributed by atoms with van der Waals surface area (Å²) in [7, 11) is 1.86. The number of hydrogen-bond acceptors (Lipinski definition) is 5. The van der Waals surface area contributed by atoms with Crippen molar-refractivity contribution in [3.63, 3.8) is 0 Å². The lowest BCUT2D eigenvalue weighted by Gasteiger charge is -2.32. The molecule has 10 heteroatoms. The predicted octanol–water partition coefficient (Wildman–Crippen LogP) is 3.49. The SMILES string of the molecule is Cn1cccc1[C@@H](C(=O)NC[C@@H]1CCCO1)N(Cc1ccccc1Cl)C(=O)Cn1nnc2ccccc21. The maximum absolute atomic E-state index is 14.0. The number of aromatic nitrogens is 4. The van der Waals surface area contributed by atoms with Gasteiger partial charge in [-0.25, -0.2) is 4.68 Å². The van der Waals surface area contributed by atoms with Crippen LogP contribution in [0.5, 0.6) is 0 Å². The second-order valence-corrected chi connectivity index (χ2v) is 9.58. The Morgan fingerprint density at radius 2 is 1.97 bits per heavy atom. The standard InChI is InChI=1S/C27H29ClN6O3/c1-32-14-6-13-24(32)26(27(36)29-16-20-9-7-15-37-20)33(17-19-8-2-3-10-21(19)28)25(35)18-34-23-12-5-4-11-22(23)30-31-34/h2-6,8,10-14,20,26H,7,9,15-18H2,1H3,(H,29,36)/t20-,26-/m0/s1. The smallest absolute Gasteiger partial charge is 0.249 e. The normalized spacial score (nSPS) is 16.1. The van der Waals surface area contributed by atoms with Crippen LogP contribution >= 0.6 is 11.6 Å². The van der Waals surface area contributed by atoms with E-state index in [0.717, 1.165) is 23.9 Å². The van der Waals surface area contributed by atoms with Gasteiger partial charge in [0.1, 0.15) is 12.1 Å². The second kappa shape index (κ2) is 11.1. The number of nitrogens with zero attached hydrogens (tertiary/aromatic N) is 5. The molecule has 3 heterocycles. The van der Waals surface area contributed by atoms with Gasteiger partial charge in [-0.1, -0.05) is 47.1 Å². The molecule has 1 aliphatic heterocycles. The Labute approximate surface area is 219 Å². The van der Waals surface area contributed by atoms with E-state index in [2.05, 4.69) is 15.6 Å². The van der Waals surface area contributed by atoms with E-state index in [-0.39, 0.29) is 31.0 Å². The number of rotatable bonds is 9. The fraction of sp³-hybridized carbons (Fsp3) is 0.333. The Morgan fingerprint density at radius 3 is 2.73 bits per heavy atom. The Balaban J connectivity index is 1.50. The Bertz CT molecular complexity index is 1390. The first-order valence-electron chi connectivity index (χ1n) is 12.3.